The van der Waals surface area contributed by atoms with E-state index in [2.05, 4.69) is 4.98 Å². The number of amides is 1. The highest BCUT2D eigenvalue weighted by atomic mass is 32.2. The first-order valence-corrected chi connectivity index (χ1v) is 11.2. The van der Waals surface area contributed by atoms with Gasteiger partial charge in [0, 0.05) is 43.0 Å². The molecule has 9 heteroatoms. The van der Waals surface area contributed by atoms with Crippen LogP contribution in [0.25, 0.3) is 22.0 Å². The quantitative estimate of drug-likeness (QED) is 0.689. The van der Waals surface area contributed by atoms with E-state index in [1.54, 1.807) is 59.4 Å². The molecule has 30 heavy (non-hydrogen) atoms. The molecular formula is C21H23N3O5S. The topological polar surface area (TPSA) is 101 Å². The number of ether oxygens (including phenoxy) is 1. The number of aromatic nitrogens is 2. The zero-order chi connectivity index (χ0) is 22.0. The first-order valence-electron chi connectivity index (χ1n) is 9.53. The highest BCUT2D eigenvalue weighted by Crippen LogP contribution is 2.47. The Kier molecular flexibility index (Phi) is 4.36. The molecular weight excluding hydrogens is 406 g/mol. The first kappa shape index (κ1) is 20.2. The smallest absolute Gasteiger partial charge is 0.274 e. The second kappa shape index (κ2) is 6.46. The second-order valence-corrected chi connectivity index (χ2v) is 10.2. The summed E-state index contributed by atoms with van der Waals surface area (Å²) in [5.41, 5.74) is 0.606. The molecule has 0 radical (unpaired) electrons. The summed E-state index contributed by atoms with van der Waals surface area (Å²) in [5, 5.41) is 0.646. The van der Waals surface area contributed by atoms with Crippen molar-refractivity contribution in [1.82, 2.24) is 9.55 Å². The zero-order valence-electron chi connectivity index (χ0n) is 17.4. The van der Waals surface area contributed by atoms with Crippen LogP contribution in [-0.2, 0) is 21.7 Å². The summed E-state index contributed by atoms with van der Waals surface area (Å²) >= 11 is 0. The maximum Gasteiger partial charge on any atom is 0.274 e. The Bertz CT molecular complexity index is 1370. The highest BCUT2D eigenvalue weighted by Gasteiger charge is 2.41. The van der Waals surface area contributed by atoms with Gasteiger partial charge in [0.2, 0.25) is 0 Å². The van der Waals surface area contributed by atoms with Crippen LogP contribution in [0, 0.1) is 0 Å². The van der Waals surface area contributed by atoms with Gasteiger partial charge in [0.1, 0.15) is 5.52 Å². The minimum absolute atomic E-state index is 0.0813. The van der Waals surface area contributed by atoms with Gasteiger partial charge in [0.15, 0.2) is 21.2 Å². The summed E-state index contributed by atoms with van der Waals surface area (Å²) in [6.45, 7) is 4.91. The zero-order valence-corrected chi connectivity index (χ0v) is 18.3. The van der Waals surface area contributed by atoms with Gasteiger partial charge in [-0.05, 0) is 32.0 Å². The third-order valence-corrected chi connectivity index (χ3v) is 7.22. The molecule has 0 bridgehead atoms. The lowest BCUT2D eigenvalue weighted by atomic mass is 9.98. The van der Waals surface area contributed by atoms with Crippen LogP contribution in [-0.4, -0.2) is 42.3 Å². The van der Waals surface area contributed by atoms with Crippen molar-refractivity contribution in [3.63, 3.8) is 0 Å². The molecule has 1 N–H and O–H groups in total. The predicted octanol–water partition coefficient (Wildman–Crippen LogP) is 2.46. The summed E-state index contributed by atoms with van der Waals surface area (Å²) in [7, 11) is -0.328. The van der Waals surface area contributed by atoms with Crippen LogP contribution in [0.3, 0.4) is 0 Å². The van der Waals surface area contributed by atoms with E-state index in [9.17, 15) is 18.0 Å². The summed E-state index contributed by atoms with van der Waals surface area (Å²) in [6, 6.07) is 4.80. The fourth-order valence-electron chi connectivity index (χ4n) is 3.79. The van der Waals surface area contributed by atoms with Crippen molar-refractivity contribution < 1.29 is 17.9 Å². The van der Waals surface area contributed by atoms with Gasteiger partial charge in [-0.2, -0.15) is 0 Å². The lowest BCUT2D eigenvalue weighted by Gasteiger charge is -2.38. The number of pyridine rings is 1. The Labute approximate surface area is 174 Å². The van der Waals surface area contributed by atoms with E-state index < -0.39 is 15.4 Å². The van der Waals surface area contributed by atoms with Crippen molar-refractivity contribution in [2.24, 2.45) is 7.05 Å². The maximum atomic E-state index is 12.8. The van der Waals surface area contributed by atoms with Crippen molar-refractivity contribution in [3.05, 3.63) is 40.9 Å². The van der Waals surface area contributed by atoms with Gasteiger partial charge in [-0.25, -0.2) is 8.42 Å². The molecule has 158 valence electrons. The molecule has 1 amide bonds. The normalized spacial score (nSPS) is 15.9. The summed E-state index contributed by atoms with van der Waals surface area (Å²) in [5.74, 6) is 0.0415. The number of anilines is 1. The van der Waals surface area contributed by atoms with Crippen molar-refractivity contribution >= 4 is 32.3 Å². The number of carbonyl (C=O) groups is 1. The number of likely N-dealkylation sites (N-methyl/N-ethyl adjacent to an activating group) is 1. The van der Waals surface area contributed by atoms with Crippen LogP contribution in [0.2, 0.25) is 0 Å². The van der Waals surface area contributed by atoms with E-state index in [0.717, 1.165) is 0 Å². The lowest BCUT2D eigenvalue weighted by molar-refractivity contribution is -0.132. The summed E-state index contributed by atoms with van der Waals surface area (Å²) in [4.78, 5) is 29.7. The van der Waals surface area contributed by atoms with Gasteiger partial charge in [-0.1, -0.05) is 6.92 Å². The minimum atomic E-state index is -3.56. The van der Waals surface area contributed by atoms with Gasteiger partial charge in [-0.3, -0.25) is 9.59 Å². The van der Waals surface area contributed by atoms with Crippen LogP contribution < -0.4 is 15.2 Å². The SMILES string of the molecule is CCS(=O)(=O)c1cc(-c2cn(C)c(=O)c3[nH]ccc23)c2c(c1)N(C)C(=O)C(C)(C)O2. The molecule has 3 heterocycles. The van der Waals surface area contributed by atoms with E-state index in [-0.39, 0.29) is 22.1 Å². The number of benzene rings is 1. The molecule has 4 rings (SSSR count). The van der Waals surface area contributed by atoms with Crippen molar-refractivity contribution in [2.75, 3.05) is 17.7 Å². The van der Waals surface area contributed by atoms with E-state index in [1.165, 1.54) is 15.5 Å². The van der Waals surface area contributed by atoms with Crippen LogP contribution in [0.5, 0.6) is 5.75 Å². The van der Waals surface area contributed by atoms with Gasteiger partial charge >= 0.3 is 0 Å². The molecule has 0 atom stereocenters. The number of aromatic amines is 1. The number of rotatable bonds is 3. The summed E-state index contributed by atoms with van der Waals surface area (Å²) < 4.78 is 33.0. The van der Waals surface area contributed by atoms with Crippen LogP contribution in [0.1, 0.15) is 20.8 Å². The molecule has 0 spiro atoms. The van der Waals surface area contributed by atoms with Gasteiger partial charge in [-0.15, -0.1) is 0 Å². The molecule has 1 aliphatic heterocycles. The number of carbonyl (C=O) groups excluding carboxylic acids is 1. The average molecular weight is 429 g/mol. The number of hydrogen-bond donors (Lipinski definition) is 1. The minimum Gasteiger partial charge on any atom is -0.475 e. The number of hydrogen-bond acceptors (Lipinski definition) is 5. The molecule has 3 aromatic rings. The van der Waals surface area contributed by atoms with Gasteiger partial charge in [0.05, 0.1) is 16.3 Å². The van der Waals surface area contributed by atoms with Gasteiger partial charge in [0.25, 0.3) is 11.5 Å². The largest absolute Gasteiger partial charge is 0.475 e. The predicted molar refractivity (Wildman–Crippen MR) is 115 cm³/mol. The fourth-order valence-corrected chi connectivity index (χ4v) is 4.71. The molecule has 1 aliphatic rings. The Hall–Kier alpha value is -3.07. The third kappa shape index (κ3) is 2.84. The van der Waals surface area contributed by atoms with E-state index in [0.29, 0.717) is 33.5 Å². The molecule has 1 aromatic carbocycles. The molecule has 0 saturated carbocycles. The molecule has 0 saturated heterocycles. The van der Waals surface area contributed by atoms with E-state index in [4.69, 9.17) is 4.74 Å². The highest BCUT2D eigenvalue weighted by molar-refractivity contribution is 7.91. The van der Waals surface area contributed by atoms with Crippen LogP contribution in [0.15, 0.2) is 40.3 Å². The summed E-state index contributed by atoms with van der Waals surface area (Å²) in [6.07, 6.45) is 3.32. The van der Waals surface area contributed by atoms with Crippen molar-refractivity contribution in [3.8, 4) is 16.9 Å². The van der Waals surface area contributed by atoms with E-state index >= 15 is 0 Å². The standard InChI is InChI=1S/C21H23N3O5S/c1-6-30(27,28)12-9-14(15-11-23(4)19(25)17-13(15)7-8-22-17)18-16(10-12)24(5)20(26)21(2,3)29-18/h7-11,22H,6H2,1-5H3. The van der Waals surface area contributed by atoms with Gasteiger partial charge < -0.3 is 19.2 Å². The fraction of sp³-hybridized carbons (Fsp3) is 0.333. The Morgan fingerprint density at radius 1 is 1.13 bits per heavy atom. The van der Waals surface area contributed by atoms with Crippen molar-refractivity contribution in [1.29, 1.82) is 0 Å². The van der Waals surface area contributed by atoms with Crippen molar-refractivity contribution in [2.45, 2.75) is 31.3 Å². The molecule has 8 nitrogen and oxygen atoms in total. The van der Waals surface area contributed by atoms with Crippen LogP contribution in [0.4, 0.5) is 5.69 Å². The Morgan fingerprint density at radius 3 is 2.50 bits per heavy atom. The monoisotopic (exact) mass is 429 g/mol. The second-order valence-electron chi connectivity index (χ2n) is 7.92. The number of aryl methyl sites for hydroxylation is 1. The average Bonchev–Trinajstić information content (AvgIpc) is 3.18. The van der Waals surface area contributed by atoms with Crippen LogP contribution >= 0.6 is 0 Å². The Morgan fingerprint density at radius 2 is 1.83 bits per heavy atom. The number of sulfone groups is 1. The lowest BCUT2D eigenvalue weighted by Crippen LogP contribution is -2.51. The molecule has 0 unspecified atom stereocenters. The molecule has 2 aromatic heterocycles. The maximum absolute atomic E-state index is 12.8. The first-order chi connectivity index (χ1) is 14.0. The van der Waals surface area contributed by atoms with E-state index in [1.807, 2.05) is 0 Å². The third-order valence-electron chi connectivity index (χ3n) is 5.50. The number of fused-ring (bicyclic) bond motifs is 2. The number of H-pyrrole nitrogens is 1. The Balaban J connectivity index is 2.15. The number of nitrogens with one attached hydrogen (secondary N) is 1. The molecule has 0 fully saturated rings. The number of nitrogens with zero attached hydrogens (tertiary/aromatic N) is 2. The molecule has 0 aliphatic carbocycles.